The molecule has 2 N–H and O–H groups in total. The maximum absolute atomic E-state index is 10.3. The second-order valence-corrected chi connectivity index (χ2v) is 3.34. The minimum absolute atomic E-state index is 0.170. The molecule has 3 nitrogen and oxygen atoms in total. The van der Waals surface area contributed by atoms with Gasteiger partial charge in [-0.3, -0.25) is 4.79 Å². The summed E-state index contributed by atoms with van der Waals surface area (Å²) < 4.78 is 0. The maximum atomic E-state index is 10.3. The minimum atomic E-state index is -0.756. The average Bonchev–Trinajstić information content (AvgIpc) is 1.99. The summed E-state index contributed by atoms with van der Waals surface area (Å²) in [4.78, 5) is 10.3. The predicted octanol–water partition coefficient (Wildman–Crippen LogP) is 1.65. The highest BCUT2D eigenvalue weighted by Gasteiger charge is 2.09. The van der Waals surface area contributed by atoms with Crippen molar-refractivity contribution in [2.24, 2.45) is 5.92 Å². The van der Waals surface area contributed by atoms with Crippen LogP contribution in [0.25, 0.3) is 0 Å². The molecule has 3 heteroatoms. The first-order valence-electron chi connectivity index (χ1n) is 4.46. The van der Waals surface area contributed by atoms with Gasteiger partial charge in [-0.15, -0.1) is 0 Å². The van der Waals surface area contributed by atoms with Gasteiger partial charge in [0.2, 0.25) is 0 Å². The number of hydrogen-bond acceptors (Lipinski definition) is 2. The van der Waals surface area contributed by atoms with Gasteiger partial charge in [-0.1, -0.05) is 13.8 Å². The predicted molar refractivity (Wildman–Crippen MR) is 46.9 cm³/mol. The van der Waals surface area contributed by atoms with E-state index in [1.54, 1.807) is 0 Å². The molecule has 72 valence electrons. The summed E-state index contributed by atoms with van der Waals surface area (Å²) in [5.41, 5.74) is 0. The molecule has 0 heterocycles. The third-order valence-corrected chi connectivity index (χ3v) is 1.99. The van der Waals surface area contributed by atoms with Crippen molar-refractivity contribution in [3.8, 4) is 0 Å². The number of aliphatic hydroxyl groups excluding tert-OH is 1. The third kappa shape index (κ3) is 6.16. The second-order valence-electron chi connectivity index (χ2n) is 3.34. The highest BCUT2D eigenvalue weighted by Crippen LogP contribution is 2.12. The van der Waals surface area contributed by atoms with Crippen LogP contribution < -0.4 is 0 Å². The Hall–Kier alpha value is -0.570. The molecule has 2 atom stereocenters. The van der Waals surface area contributed by atoms with Gasteiger partial charge >= 0.3 is 5.97 Å². The lowest BCUT2D eigenvalue weighted by Gasteiger charge is -2.11. The van der Waals surface area contributed by atoms with E-state index >= 15 is 0 Å². The Labute approximate surface area is 73.4 Å². The first kappa shape index (κ1) is 11.4. The molecule has 0 rings (SSSR count). The van der Waals surface area contributed by atoms with E-state index in [9.17, 15) is 9.90 Å². The summed E-state index contributed by atoms with van der Waals surface area (Å²) in [5.74, 6) is -0.586. The van der Waals surface area contributed by atoms with Crippen molar-refractivity contribution in [2.45, 2.75) is 45.6 Å². The van der Waals surface area contributed by atoms with Crippen LogP contribution in [0, 0.1) is 5.92 Å². The molecule has 0 spiro atoms. The third-order valence-electron chi connectivity index (χ3n) is 1.99. The smallest absolute Gasteiger partial charge is 0.303 e. The molecule has 12 heavy (non-hydrogen) atoms. The van der Waals surface area contributed by atoms with E-state index in [2.05, 4.69) is 0 Å². The van der Waals surface area contributed by atoms with Crippen LogP contribution in [0.1, 0.15) is 39.5 Å². The van der Waals surface area contributed by atoms with E-state index in [1.165, 1.54) is 0 Å². The van der Waals surface area contributed by atoms with Gasteiger partial charge in [0.25, 0.3) is 0 Å². The van der Waals surface area contributed by atoms with Crippen molar-refractivity contribution in [3.63, 3.8) is 0 Å². The van der Waals surface area contributed by atoms with Crippen molar-refractivity contribution in [3.05, 3.63) is 0 Å². The SMILES string of the molecule is CC[C@@H](O)CCC(C)CC(=O)O. The van der Waals surface area contributed by atoms with Gasteiger partial charge in [0.1, 0.15) is 0 Å². The minimum Gasteiger partial charge on any atom is -0.481 e. The van der Waals surface area contributed by atoms with Gasteiger partial charge in [-0.25, -0.2) is 0 Å². The van der Waals surface area contributed by atoms with Crippen LogP contribution in [-0.2, 0) is 4.79 Å². The van der Waals surface area contributed by atoms with Gasteiger partial charge in [-0.05, 0) is 25.2 Å². The van der Waals surface area contributed by atoms with E-state index in [4.69, 9.17) is 5.11 Å². The summed E-state index contributed by atoms with van der Waals surface area (Å²) in [5, 5.41) is 17.6. The van der Waals surface area contributed by atoms with E-state index in [-0.39, 0.29) is 18.4 Å². The fourth-order valence-electron chi connectivity index (χ4n) is 1.08. The second kappa shape index (κ2) is 6.00. The first-order chi connectivity index (χ1) is 5.56. The molecule has 0 radical (unpaired) electrons. The lowest BCUT2D eigenvalue weighted by molar-refractivity contribution is -0.138. The molecular weight excluding hydrogens is 156 g/mol. The number of carboxylic acid groups (broad SMARTS) is 1. The molecule has 0 aliphatic heterocycles. The molecular formula is C9H18O3. The molecule has 0 fully saturated rings. The zero-order chi connectivity index (χ0) is 9.56. The van der Waals surface area contributed by atoms with Gasteiger partial charge < -0.3 is 10.2 Å². The summed E-state index contributed by atoms with van der Waals surface area (Å²) in [7, 11) is 0. The Morgan fingerprint density at radius 3 is 2.42 bits per heavy atom. The van der Waals surface area contributed by atoms with Gasteiger partial charge in [0, 0.05) is 6.42 Å². The molecule has 0 aromatic carbocycles. The van der Waals surface area contributed by atoms with E-state index in [1.807, 2.05) is 13.8 Å². The van der Waals surface area contributed by atoms with Gasteiger partial charge in [0.05, 0.1) is 6.10 Å². The van der Waals surface area contributed by atoms with E-state index < -0.39 is 5.97 Å². The normalized spacial score (nSPS) is 15.6. The van der Waals surface area contributed by atoms with Crippen LogP contribution in [0.3, 0.4) is 0 Å². The molecule has 1 unspecified atom stereocenters. The van der Waals surface area contributed by atoms with Gasteiger partial charge in [-0.2, -0.15) is 0 Å². The number of aliphatic carboxylic acids is 1. The monoisotopic (exact) mass is 174 g/mol. The number of rotatable bonds is 6. The zero-order valence-corrected chi connectivity index (χ0v) is 7.79. The highest BCUT2D eigenvalue weighted by molar-refractivity contribution is 5.66. The number of carboxylic acids is 1. The molecule has 0 saturated carbocycles. The summed E-state index contributed by atoms with van der Waals surface area (Å²) in [6, 6.07) is 0. The zero-order valence-electron chi connectivity index (χ0n) is 7.79. The fraction of sp³-hybridized carbons (Fsp3) is 0.889. The summed E-state index contributed by atoms with van der Waals surface area (Å²) >= 11 is 0. The van der Waals surface area contributed by atoms with Gasteiger partial charge in [0.15, 0.2) is 0 Å². The largest absolute Gasteiger partial charge is 0.481 e. The molecule has 0 aliphatic carbocycles. The van der Waals surface area contributed by atoms with Crippen LogP contribution in [0.5, 0.6) is 0 Å². The summed E-state index contributed by atoms with van der Waals surface area (Å²) in [6.45, 7) is 3.82. The van der Waals surface area contributed by atoms with Crippen LogP contribution in [0.4, 0.5) is 0 Å². The lowest BCUT2D eigenvalue weighted by atomic mass is 9.99. The van der Waals surface area contributed by atoms with Crippen LogP contribution >= 0.6 is 0 Å². The quantitative estimate of drug-likeness (QED) is 0.643. The van der Waals surface area contributed by atoms with E-state index in [0.717, 1.165) is 12.8 Å². The highest BCUT2D eigenvalue weighted by atomic mass is 16.4. The Morgan fingerprint density at radius 1 is 1.42 bits per heavy atom. The van der Waals surface area contributed by atoms with Crippen molar-refractivity contribution >= 4 is 5.97 Å². The van der Waals surface area contributed by atoms with E-state index in [0.29, 0.717) is 6.42 Å². The first-order valence-corrected chi connectivity index (χ1v) is 4.46. The van der Waals surface area contributed by atoms with Crippen molar-refractivity contribution in [2.75, 3.05) is 0 Å². The van der Waals surface area contributed by atoms with Crippen molar-refractivity contribution in [1.29, 1.82) is 0 Å². The number of aliphatic hydroxyl groups is 1. The molecule has 0 aromatic heterocycles. The maximum Gasteiger partial charge on any atom is 0.303 e. The topological polar surface area (TPSA) is 57.5 Å². The van der Waals surface area contributed by atoms with Crippen molar-refractivity contribution in [1.82, 2.24) is 0 Å². The molecule has 0 amide bonds. The lowest BCUT2D eigenvalue weighted by Crippen LogP contribution is -2.09. The van der Waals surface area contributed by atoms with Crippen LogP contribution in [-0.4, -0.2) is 22.3 Å². The Balaban J connectivity index is 3.43. The Kier molecular flexibility index (Phi) is 5.72. The Morgan fingerprint density at radius 2 is 2.00 bits per heavy atom. The standard InChI is InChI=1S/C9H18O3/c1-3-8(10)5-4-7(2)6-9(11)12/h7-8,10H,3-6H2,1-2H3,(H,11,12)/t7?,8-/m1/s1. The number of carbonyl (C=O) groups is 1. The molecule has 0 bridgehead atoms. The molecule has 0 aromatic rings. The fourth-order valence-corrected chi connectivity index (χ4v) is 1.08. The summed E-state index contributed by atoms with van der Waals surface area (Å²) in [6.07, 6.45) is 2.20. The van der Waals surface area contributed by atoms with Crippen molar-refractivity contribution < 1.29 is 15.0 Å². The molecule has 0 saturated heterocycles. The van der Waals surface area contributed by atoms with Crippen LogP contribution in [0.15, 0.2) is 0 Å². The number of hydrogen-bond donors (Lipinski definition) is 2. The average molecular weight is 174 g/mol. The van der Waals surface area contributed by atoms with Crippen LogP contribution in [0.2, 0.25) is 0 Å². The Bertz CT molecular complexity index is 134. The molecule has 0 aliphatic rings.